The standard InChI is InChI=1S/C17H22N6O6/c18-14-21-11-9(6-24)20-15(19)23-10(7-25)12(17(27,28)16(11,23)22-14)29-13(26)8-4-2-1-3-5-8/h1-5,9-12,24-25,27-28H,6-7H2,(H5,18,19,20,21,22)/p+2/t9-,10-,11-,12-,16-/m0/s1. The van der Waals surface area contributed by atoms with Crippen LogP contribution in [0.1, 0.15) is 10.4 Å². The molecule has 12 nitrogen and oxygen atoms in total. The molecule has 0 aliphatic carbocycles. The number of hydrogen-bond donors (Lipinski definition) is 9. The predicted molar refractivity (Wildman–Crippen MR) is 97.0 cm³/mol. The summed E-state index contributed by atoms with van der Waals surface area (Å²) in [5.74, 6) is -3.59. The Morgan fingerprint density at radius 2 is 1.90 bits per heavy atom. The molecule has 156 valence electrons. The van der Waals surface area contributed by atoms with Gasteiger partial charge in [-0.2, -0.15) is 0 Å². The van der Waals surface area contributed by atoms with Crippen molar-refractivity contribution in [2.75, 3.05) is 13.2 Å². The van der Waals surface area contributed by atoms with Gasteiger partial charge in [0.2, 0.25) is 0 Å². The number of carbonyl (C=O) groups excluding carboxylic acids is 1. The van der Waals surface area contributed by atoms with Crippen molar-refractivity contribution in [2.45, 2.75) is 35.7 Å². The molecule has 1 aromatic rings. The minimum atomic E-state index is -2.75. The van der Waals surface area contributed by atoms with E-state index >= 15 is 0 Å². The Balaban J connectivity index is 1.80. The number of rotatable bonds is 4. The molecule has 5 atom stereocenters. The number of aliphatic hydroxyl groups excluding tert-OH is 2. The summed E-state index contributed by atoms with van der Waals surface area (Å²) in [4.78, 5) is 15.5. The maximum Gasteiger partial charge on any atom is 0.347 e. The van der Waals surface area contributed by atoms with Crippen LogP contribution >= 0.6 is 0 Å². The summed E-state index contributed by atoms with van der Waals surface area (Å²) >= 11 is 0. The van der Waals surface area contributed by atoms with E-state index in [1.165, 1.54) is 16.7 Å². The minimum absolute atomic E-state index is 0.00847. The molecule has 12 heteroatoms. The molecule has 0 unspecified atom stereocenters. The van der Waals surface area contributed by atoms with Gasteiger partial charge in [-0.15, -0.1) is 0 Å². The average Bonchev–Trinajstić information content (AvgIpc) is 3.15. The molecule has 0 saturated carbocycles. The lowest BCUT2D eigenvalue weighted by Crippen LogP contribution is -2.92. The number of nitrogens with zero attached hydrogens (tertiary/aromatic N) is 1. The van der Waals surface area contributed by atoms with Crippen LogP contribution in [0, 0.1) is 0 Å². The maximum atomic E-state index is 12.6. The zero-order valence-corrected chi connectivity index (χ0v) is 15.3. The van der Waals surface area contributed by atoms with Gasteiger partial charge in [0.15, 0.2) is 12.1 Å². The zero-order chi connectivity index (χ0) is 21.0. The van der Waals surface area contributed by atoms with Crippen molar-refractivity contribution >= 4 is 17.9 Å². The number of nitrogens with one attached hydrogen (secondary N) is 3. The minimum Gasteiger partial charge on any atom is -0.449 e. The molecule has 1 fully saturated rings. The van der Waals surface area contributed by atoms with E-state index in [-0.39, 0.29) is 17.5 Å². The van der Waals surface area contributed by atoms with Crippen molar-refractivity contribution < 1.29 is 39.5 Å². The van der Waals surface area contributed by atoms with Crippen molar-refractivity contribution in [3.8, 4) is 0 Å². The van der Waals surface area contributed by atoms with E-state index in [0.29, 0.717) is 0 Å². The molecule has 1 saturated heterocycles. The Kier molecular flexibility index (Phi) is 4.38. The third-order valence-electron chi connectivity index (χ3n) is 5.73. The van der Waals surface area contributed by atoms with Gasteiger partial charge in [-0.25, -0.2) is 14.7 Å². The van der Waals surface area contributed by atoms with Gasteiger partial charge in [0.25, 0.3) is 5.79 Å². The maximum absolute atomic E-state index is 12.6. The highest BCUT2D eigenvalue weighted by molar-refractivity contribution is 5.89. The van der Waals surface area contributed by atoms with E-state index in [4.69, 9.17) is 16.2 Å². The highest BCUT2D eigenvalue weighted by Gasteiger charge is 2.81. The Bertz CT molecular complexity index is 890. The largest absolute Gasteiger partial charge is 0.449 e. The smallest absolute Gasteiger partial charge is 0.347 e. The lowest BCUT2D eigenvalue weighted by molar-refractivity contribution is -0.693. The van der Waals surface area contributed by atoms with Gasteiger partial charge in [-0.05, 0) is 12.1 Å². The molecule has 3 heterocycles. The third kappa shape index (κ3) is 2.50. The van der Waals surface area contributed by atoms with Crippen LogP contribution in [0.2, 0.25) is 0 Å². The van der Waals surface area contributed by atoms with Gasteiger partial charge < -0.3 is 25.2 Å². The topological polar surface area (TPSA) is 200 Å². The second kappa shape index (κ2) is 6.56. The number of ether oxygens (including phenoxy) is 1. The molecule has 0 bridgehead atoms. The number of hydrogen-bond acceptors (Lipinski definition) is 10. The van der Waals surface area contributed by atoms with Crippen LogP contribution < -0.4 is 27.1 Å². The molecule has 0 radical (unpaired) electrons. The number of carbonyl (C=O) groups is 1. The number of esters is 1. The van der Waals surface area contributed by atoms with Gasteiger partial charge in [0.05, 0.1) is 18.8 Å². The Labute approximate surface area is 165 Å². The summed E-state index contributed by atoms with van der Waals surface area (Å²) < 4.78 is 6.74. The lowest BCUT2D eigenvalue weighted by Gasteiger charge is -2.40. The molecule has 3 aliphatic rings. The Morgan fingerprint density at radius 1 is 1.21 bits per heavy atom. The van der Waals surface area contributed by atoms with Crippen LogP contribution in [-0.2, 0) is 4.74 Å². The normalized spacial score (nSPS) is 34.6. The second-order valence-electron chi connectivity index (χ2n) is 7.28. The molecular formula is C17H24N6O6+2. The van der Waals surface area contributed by atoms with Crippen molar-refractivity contribution in [1.29, 1.82) is 0 Å². The summed E-state index contributed by atoms with van der Waals surface area (Å²) in [6.07, 6.45) is -1.60. The molecule has 29 heavy (non-hydrogen) atoms. The molecule has 0 amide bonds. The van der Waals surface area contributed by atoms with Crippen molar-refractivity contribution in [3.05, 3.63) is 35.9 Å². The summed E-state index contributed by atoms with van der Waals surface area (Å²) in [6.45, 7) is -1.02. The fraction of sp³-hybridized carbons (Fsp3) is 0.471. The van der Waals surface area contributed by atoms with E-state index in [1.807, 2.05) is 0 Å². The van der Waals surface area contributed by atoms with E-state index in [9.17, 15) is 25.2 Å². The third-order valence-corrected chi connectivity index (χ3v) is 5.73. The zero-order valence-electron chi connectivity index (χ0n) is 15.3. The van der Waals surface area contributed by atoms with Crippen LogP contribution in [0.5, 0.6) is 0 Å². The molecule has 3 aliphatic heterocycles. The SMILES string of the molecule is NC1=[NH+][C@H]2[C@H](CO)NC(N)=[N+]3[C@@H](CO)[C@H](OC(=O)c4ccccc4)C(O)(O)[C@]23N1. The Morgan fingerprint density at radius 3 is 2.52 bits per heavy atom. The Hall–Kier alpha value is -2.93. The van der Waals surface area contributed by atoms with Gasteiger partial charge >= 0.3 is 23.6 Å². The number of benzene rings is 1. The lowest BCUT2D eigenvalue weighted by atomic mass is 9.86. The predicted octanol–water partition coefficient (Wildman–Crippen LogP) is -6.38. The van der Waals surface area contributed by atoms with Crippen molar-refractivity contribution in [3.63, 3.8) is 0 Å². The summed E-state index contributed by atoms with van der Waals surface area (Å²) in [5, 5.41) is 47.9. The number of guanidine groups is 2. The van der Waals surface area contributed by atoms with E-state index in [2.05, 4.69) is 15.6 Å². The first-order valence-corrected chi connectivity index (χ1v) is 9.05. The molecule has 4 rings (SSSR count). The monoisotopic (exact) mass is 408 g/mol. The fourth-order valence-electron chi connectivity index (χ4n) is 4.53. The van der Waals surface area contributed by atoms with Crippen LogP contribution in [0.25, 0.3) is 0 Å². The van der Waals surface area contributed by atoms with Crippen LogP contribution in [0.4, 0.5) is 0 Å². The second-order valence-corrected chi connectivity index (χ2v) is 7.28. The quantitative estimate of drug-likeness (QED) is 0.131. The first kappa shape index (κ1) is 19.4. The number of nitrogens with two attached hydrogens (primary N) is 2. The van der Waals surface area contributed by atoms with Gasteiger partial charge in [0.1, 0.15) is 12.1 Å². The first-order chi connectivity index (χ1) is 13.8. The van der Waals surface area contributed by atoms with E-state index in [0.717, 1.165) is 0 Å². The van der Waals surface area contributed by atoms with E-state index < -0.39 is 54.9 Å². The van der Waals surface area contributed by atoms with Gasteiger partial charge in [-0.1, -0.05) is 18.2 Å². The highest BCUT2D eigenvalue weighted by atomic mass is 16.6. The van der Waals surface area contributed by atoms with Crippen LogP contribution in [0.3, 0.4) is 0 Å². The average molecular weight is 408 g/mol. The van der Waals surface area contributed by atoms with Gasteiger partial charge in [-0.3, -0.25) is 21.8 Å². The molecule has 1 aromatic carbocycles. The summed E-state index contributed by atoms with van der Waals surface area (Å²) in [6, 6.07) is 5.27. The molecular weight excluding hydrogens is 384 g/mol. The molecule has 11 N–H and O–H groups in total. The fourth-order valence-corrected chi connectivity index (χ4v) is 4.53. The molecule has 0 aromatic heterocycles. The van der Waals surface area contributed by atoms with Crippen LogP contribution in [-0.4, -0.2) is 91.8 Å². The summed E-state index contributed by atoms with van der Waals surface area (Å²) in [5.41, 5.74) is 10.4. The highest BCUT2D eigenvalue weighted by Crippen LogP contribution is 2.42. The van der Waals surface area contributed by atoms with Crippen molar-refractivity contribution in [2.24, 2.45) is 11.5 Å². The van der Waals surface area contributed by atoms with Gasteiger partial charge in [0, 0.05) is 0 Å². The van der Waals surface area contributed by atoms with E-state index in [1.54, 1.807) is 18.2 Å². The van der Waals surface area contributed by atoms with Crippen molar-refractivity contribution in [1.82, 2.24) is 10.6 Å². The summed E-state index contributed by atoms with van der Waals surface area (Å²) in [7, 11) is 0. The number of aliphatic hydroxyl groups is 4. The first-order valence-electron chi connectivity index (χ1n) is 9.05. The van der Waals surface area contributed by atoms with Crippen LogP contribution in [0.15, 0.2) is 30.3 Å². The molecule has 1 spiro atoms.